The Morgan fingerprint density at radius 1 is 0.407 bits per heavy atom. The van der Waals surface area contributed by atoms with E-state index in [-0.39, 0.29) is 0 Å². The monoisotopic (exact) mass is 751 g/mol. The maximum atomic E-state index is 6.55. The van der Waals surface area contributed by atoms with E-state index in [2.05, 4.69) is 169 Å². The molecule has 10 aromatic rings. The number of hydrogen-bond acceptors (Lipinski definition) is 4. The summed E-state index contributed by atoms with van der Waals surface area (Å²) in [5, 5.41) is 4.61. The number of rotatable bonds is 7. The molecule has 59 heavy (non-hydrogen) atoms. The van der Waals surface area contributed by atoms with Crippen LogP contribution in [-0.4, -0.2) is 15.0 Å². The molecule has 8 aromatic carbocycles. The Bertz CT molecular complexity index is 3380. The molecule has 0 spiro atoms. The number of fused-ring (bicyclic) bond motifs is 5. The molecule has 0 radical (unpaired) electrons. The molecule has 2 aromatic heterocycles. The van der Waals surface area contributed by atoms with Gasteiger partial charge in [-0.25, -0.2) is 15.0 Å². The highest BCUT2D eigenvalue weighted by Crippen LogP contribution is 2.39. The standard InChI is InChI=1S/C55H33N3O/c1-3-13-36(14-4-1)37-27-29-40(30-28-37)54-56-53(39-16-5-2-6-17-39)57-55(58-54)46-23-11-21-44(35-46)42-19-9-18-41(33-42)43-20-10-22-45(34-43)48-25-12-26-49-51-47-24-8-7-15-38(47)31-32-50(51)59-52(48)49/h1-9,11-21,23-35H. The van der Waals surface area contributed by atoms with Gasteiger partial charge in [-0.15, -0.1) is 0 Å². The smallest absolute Gasteiger partial charge is 0.164 e. The van der Waals surface area contributed by atoms with Gasteiger partial charge in [-0.1, -0.05) is 175 Å². The molecule has 11 rings (SSSR count). The Labute approximate surface area is 341 Å². The van der Waals surface area contributed by atoms with Crippen molar-refractivity contribution < 1.29 is 4.42 Å². The van der Waals surface area contributed by atoms with Crippen LogP contribution in [0.1, 0.15) is 11.1 Å². The molecule has 4 nitrogen and oxygen atoms in total. The molecule has 0 fully saturated rings. The van der Waals surface area contributed by atoms with Crippen LogP contribution in [0.25, 0.3) is 100 Å². The van der Waals surface area contributed by atoms with Gasteiger partial charge in [-0.3, -0.25) is 0 Å². The Kier molecular flexibility index (Phi) is 8.35. The van der Waals surface area contributed by atoms with Crippen LogP contribution >= 0.6 is 0 Å². The van der Waals surface area contributed by atoms with E-state index in [1.165, 1.54) is 16.3 Å². The average molecular weight is 752 g/mol. The van der Waals surface area contributed by atoms with Crippen LogP contribution < -0.4 is 0 Å². The number of benzene rings is 8. The van der Waals surface area contributed by atoms with E-state index in [4.69, 9.17) is 19.4 Å². The van der Waals surface area contributed by atoms with E-state index in [0.717, 1.165) is 77.6 Å². The van der Waals surface area contributed by atoms with E-state index < -0.39 is 0 Å². The molecule has 0 atom stereocenters. The maximum absolute atomic E-state index is 6.55. The second-order valence-corrected chi connectivity index (χ2v) is 14.6. The molecule has 0 aliphatic heterocycles. The zero-order chi connectivity index (χ0) is 39.1. The van der Waals surface area contributed by atoms with Crippen molar-refractivity contribution in [3.63, 3.8) is 0 Å². The molecule has 0 saturated heterocycles. The zero-order valence-electron chi connectivity index (χ0n) is 31.8. The molecular formula is C55H33N3O. The third kappa shape index (κ3) is 6.38. The van der Waals surface area contributed by atoms with Crippen LogP contribution in [0.15, 0.2) is 216 Å². The van der Waals surface area contributed by atoms with E-state index in [9.17, 15) is 0 Å². The molecule has 0 unspecified atom stereocenters. The topological polar surface area (TPSA) is 51.8 Å². The van der Waals surface area contributed by atoms with E-state index in [1.54, 1.807) is 0 Å². The lowest BCUT2D eigenvalue weighted by atomic mass is 9.93. The van der Waals surface area contributed by atoms with Crippen molar-refractivity contribution in [2.24, 2.45) is 0 Å². The summed E-state index contributed by atoms with van der Waals surface area (Å²) >= 11 is 0. The second-order valence-electron chi connectivity index (χ2n) is 14.6. The first-order valence-corrected chi connectivity index (χ1v) is 19.7. The lowest BCUT2D eigenvalue weighted by Crippen LogP contribution is -2.00. The molecule has 0 saturated carbocycles. The van der Waals surface area contributed by atoms with Gasteiger partial charge in [0.2, 0.25) is 0 Å². The van der Waals surface area contributed by atoms with Gasteiger partial charge in [0, 0.05) is 38.6 Å². The zero-order valence-corrected chi connectivity index (χ0v) is 31.8. The molecule has 2 heterocycles. The van der Waals surface area contributed by atoms with Gasteiger partial charge in [-0.2, -0.15) is 0 Å². The van der Waals surface area contributed by atoms with Crippen molar-refractivity contribution in [1.29, 1.82) is 0 Å². The van der Waals surface area contributed by atoms with Crippen LogP contribution in [0.3, 0.4) is 0 Å². The Balaban J connectivity index is 0.939. The minimum atomic E-state index is 0.615. The van der Waals surface area contributed by atoms with Gasteiger partial charge in [0.15, 0.2) is 17.5 Å². The predicted molar refractivity (Wildman–Crippen MR) is 241 cm³/mol. The van der Waals surface area contributed by atoms with E-state index >= 15 is 0 Å². The number of furan rings is 1. The molecule has 0 bridgehead atoms. The minimum absolute atomic E-state index is 0.615. The van der Waals surface area contributed by atoms with Crippen molar-refractivity contribution in [2.45, 2.75) is 0 Å². The third-order valence-electron chi connectivity index (χ3n) is 11.0. The van der Waals surface area contributed by atoms with Crippen molar-refractivity contribution in [2.75, 3.05) is 0 Å². The average Bonchev–Trinajstić information content (AvgIpc) is 3.72. The normalized spacial score (nSPS) is 12.3. The molecular weight excluding hydrogens is 719 g/mol. The van der Waals surface area contributed by atoms with Crippen LogP contribution in [0.2, 0.25) is 0 Å². The van der Waals surface area contributed by atoms with Crippen molar-refractivity contribution in [3.05, 3.63) is 223 Å². The Morgan fingerprint density at radius 3 is 1.71 bits per heavy atom. The second kappa shape index (κ2) is 14.4. The lowest BCUT2D eigenvalue weighted by Gasteiger charge is -2.11. The Hall–Kier alpha value is -8.13. The summed E-state index contributed by atoms with van der Waals surface area (Å²) in [4.78, 5) is 15.0. The summed E-state index contributed by atoms with van der Waals surface area (Å²) in [6.07, 6.45) is 4.17. The molecule has 1 aliphatic rings. The Morgan fingerprint density at radius 2 is 0.949 bits per heavy atom. The van der Waals surface area contributed by atoms with E-state index in [0.29, 0.717) is 17.5 Å². The van der Waals surface area contributed by atoms with Crippen molar-refractivity contribution in [3.8, 4) is 56.4 Å². The number of aromatic nitrogens is 3. The van der Waals surface area contributed by atoms with Gasteiger partial charge in [0.05, 0.1) is 0 Å². The van der Waals surface area contributed by atoms with Crippen LogP contribution in [0, 0.1) is 0 Å². The highest BCUT2D eigenvalue weighted by atomic mass is 16.3. The fourth-order valence-electron chi connectivity index (χ4n) is 8.03. The summed E-state index contributed by atoms with van der Waals surface area (Å²) in [6, 6.07) is 64.9. The highest BCUT2D eigenvalue weighted by Gasteiger charge is 2.17. The first-order valence-electron chi connectivity index (χ1n) is 19.7. The molecule has 4 heteroatoms. The largest absolute Gasteiger partial charge is 0.455 e. The summed E-state index contributed by atoms with van der Waals surface area (Å²) in [5.41, 5.74) is 19.7. The van der Waals surface area contributed by atoms with Crippen LogP contribution in [0.4, 0.5) is 0 Å². The first kappa shape index (κ1) is 34.1. The molecule has 274 valence electrons. The molecule has 0 N–H and O–H groups in total. The van der Waals surface area contributed by atoms with E-state index in [1.807, 2.05) is 42.5 Å². The summed E-state index contributed by atoms with van der Waals surface area (Å²) in [7, 11) is 0. The minimum Gasteiger partial charge on any atom is -0.455 e. The van der Waals surface area contributed by atoms with Crippen LogP contribution in [-0.2, 0) is 0 Å². The summed E-state index contributed by atoms with van der Waals surface area (Å²) in [6.45, 7) is 0. The fourth-order valence-corrected chi connectivity index (χ4v) is 8.03. The summed E-state index contributed by atoms with van der Waals surface area (Å²) < 4.78 is 6.55. The number of para-hydroxylation sites is 1. The summed E-state index contributed by atoms with van der Waals surface area (Å²) in [5.74, 6) is 1.87. The lowest BCUT2D eigenvalue weighted by molar-refractivity contribution is 0.668. The van der Waals surface area contributed by atoms with Gasteiger partial charge in [-0.05, 0) is 80.6 Å². The maximum Gasteiger partial charge on any atom is 0.164 e. The van der Waals surface area contributed by atoms with Crippen molar-refractivity contribution in [1.82, 2.24) is 15.0 Å². The van der Waals surface area contributed by atoms with Crippen molar-refractivity contribution >= 4 is 43.9 Å². The van der Waals surface area contributed by atoms with Gasteiger partial charge >= 0.3 is 0 Å². The van der Waals surface area contributed by atoms with Gasteiger partial charge in [0.1, 0.15) is 11.2 Å². The van der Waals surface area contributed by atoms with Gasteiger partial charge < -0.3 is 4.42 Å². The highest BCUT2D eigenvalue weighted by molar-refractivity contribution is 6.20. The fraction of sp³-hybridized carbons (Fsp3) is 0. The number of nitrogens with zero attached hydrogens (tertiary/aromatic N) is 3. The predicted octanol–water partition coefficient (Wildman–Crippen LogP) is 14.0. The first-order chi connectivity index (χ1) is 29.2. The van der Waals surface area contributed by atoms with Crippen LogP contribution in [0.5, 0.6) is 0 Å². The number of hydrogen-bond donors (Lipinski definition) is 0. The number of allylic oxidation sites excluding steroid dienone is 4. The molecule has 1 aliphatic carbocycles. The third-order valence-corrected chi connectivity index (χ3v) is 11.0. The SMILES string of the molecule is C1=C=C(c2cccc3c2oc2ccc4ccccc4c23)C=C(c2cccc(-c3cccc(-c4nc(-c5ccccc5)nc(-c5ccc(-c6ccccc6)cc5)n4)c3)c2)C=1. The molecule has 0 amide bonds. The van der Waals surface area contributed by atoms with Gasteiger partial charge in [0.25, 0.3) is 0 Å². The quantitative estimate of drug-likeness (QED) is 0.152.